The summed E-state index contributed by atoms with van der Waals surface area (Å²) in [6, 6.07) is 4.49. The molecule has 1 aromatic carbocycles. The quantitative estimate of drug-likeness (QED) is 0.480. The minimum absolute atomic E-state index is 0.168. The molecular formula is C19H18F3NO4. The molecule has 0 amide bonds. The zero-order valence-corrected chi connectivity index (χ0v) is 14.9. The lowest BCUT2D eigenvalue weighted by molar-refractivity contribution is -0.137. The van der Waals surface area contributed by atoms with Crippen molar-refractivity contribution >= 4 is 11.8 Å². The third-order valence-electron chi connectivity index (χ3n) is 4.42. The van der Waals surface area contributed by atoms with Gasteiger partial charge in [-0.05, 0) is 38.5 Å². The number of Topliss-reactive ketones (excluding diaryl/α,β-unsaturated/α-hetero) is 1. The van der Waals surface area contributed by atoms with E-state index in [0.29, 0.717) is 17.0 Å². The molecule has 1 saturated heterocycles. The zero-order valence-electron chi connectivity index (χ0n) is 14.9. The molecule has 27 heavy (non-hydrogen) atoms. The molecule has 0 spiro atoms. The number of hydrogen-bond donors (Lipinski definition) is 1. The van der Waals surface area contributed by atoms with Crippen LogP contribution >= 0.6 is 0 Å². The maximum atomic E-state index is 12.8. The molecule has 1 aliphatic heterocycles. The van der Waals surface area contributed by atoms with Gasteiger partial charge in [0.2, 0.25) is 0 Å². The van der Waals surface area contributed by atoms with Crippen molar-refractivity contribution < 1.29 is 32.2 Å². The highest BCUT2D eigenvalue weighted by Crippen LogP contribution is 2.42. The van der Waals surface area contributed by atoms with Gasteiger partial charge in [0, 0.05) is 11.4 Å². The summed E-state index contributed by atoms with van der Waals surface area (Å²) in [5.74, 6) is -1.00. The number of ether oxygens (including phenoxy) is 2. The van der Waals surface area contributed by atoms with Gasteiger partial charge in [-0.2, -0.15) is 13.2 Å². The van der Waals surface area contributed by atoms with E-state index in [-0.39, 0.29) is 17.7 Å². The second-order valence-electron chi connectivity index (χ2n) is 6.31. The van der Waals surface area contributed by atoms with Gasteiger partial charge in [0.05, 0.1) is 23.3 Å². The summed E-state index contributed by atoms with van der Waals surface area (Å²) in [5.41, 5.74) is 1.11. The van der Waals surface area contributed by atoms with Crippen LogP contribution in [0.4, 0.5) is 13.2 Å². The van der Waals surface area contributed by atoms with E-state index in [4.69, 9.17) is 9.47 Å². The van der Waals surface area contributed by atoms with Crippen LogP contribution in [0.25, 0.3) is 0 Å². The summed E-state index contributed by atoms with van der Waals surface area (Å²) in [5, 5.41) is 0. The van der Waals surface area contributed by atoms with Crippen molar-refractivity contribution in [3.8, 4) is 0 Å². The van der Waals surface area contributed by atoms with E-state index in [0.717, 1.165) is 12.1 Å². The molecule has 2 atom stereocenters. The van der Waals surface area contributed by atoms with Gasteiger partial charge in [0.1, 0.15) is 6.10 Å². The van der Waals surface area contributed by atoms with Gasteiger partial charge in [-0.25, -0.2) is 4.79 Å². The lowest BCUT2D eigenvalue weighted by atomic mass is 9.98. The molecule has 2 aromatic rings. The minimum atomic E-state index is -4.42. The molecular weight excluding hydrogens is 363 g/mol. The Hall–Kier alpha value is -2.61. The summed E-state index contributed by atoms with van der Waals surface area (Å²) < 4.78 is 48.4. The van der Waals surface area contributed by atoms with Gasteiger partial charge < -0.3 is 14.5 Å². The number of rotatable bonds is 5. The smallest absolute Gasteiger partial charge is 0.416 e. The normalized spacial score (nSPS) is 19.0. The zero-order chi connectivity index (χ0) is 19.9. The average molecular weight is 381 g/mol. The highest BCUT2D eigenvalue weighted by Gasteiger charge is 2.48. The molecule has 144 valence electrons. The van der Waals surface area contributed by atoms with Crippen molar-refractivity contribution in [2.75, 3.05) is 6.61 Å². The number of hydrogen-bond acceptors (Lipinski definition) is 4. The van der Waals surface area contributed by atoms with Gasteiger partial charge >= 0.3 is 12.1 Å². The molecule has 0 unspecified atom stereocenters. The standard InChI is InChI=1S/C19H18F3NO4/c1-4-26-18(25)14-10(3)23-9(2)13(14)15(24)17-16(27-17)11-5-7-12(8-6-11)19(20,21)22/h5-8,16-17,23H,4H2,1-3H3/t16-,17-/m1/s1. The topological polar surface area (TPSA) is 71.7 Å². The monoisotopic (exact) mass is 381 g/mol. The van der Waals surface area contributed by atoms with Gasteiger partial charge in [0.15, 0.2) is 11.9 Å². The number of halogens is 3. The van der Waals surface area contributed by atoms with Crippen LogP contribution < -0.4 is 0 Å². The highest BCUT2D eigenvalue weighted by molar-refractivity contribution is 6.11. The summed E-state index contributed by atoms with van der Waals surface area (Å²) >= 11 is 0. The van der Waals surface area contributed by atoms with Crippen LogP contribution in [0.2, 0.25) is 0 Å². The van der Waals surface area contributed by atoms with Crippen molar-refractivity contribution in [1.29, 1.82) is 0 Å². The number of ketones is 1. The summed E-state index contributed by atoms with van der Waals surface area (Å²) in [7, 11) is 0. The minimum Gasteiger partial charge on any atom is -0.462 e. The van der Waals surface area contributed by atoms with Crippen LogP contribution in [-0.2, 0) is 15.7 Å². The van der Waals surface area contributed by atoms with Crippen LogP contribution in [0.15, 0.2) is 24.3 Å². The first-order valence-corrected chi connectivity index (χ1v) is 8.38. The number of carbonyl (C=O) groups excluding carboxylic acids is 2. The average Bonchev–Trinajstić information content (AvgIpc) is 3.33. The predicted molar refractivity (Wildman–Crippen MR) is 89.6 cm³/mol. The van der Waals surface area contributed by atoms with Crippen molar-refractivity contribution in [2.45, 2.75) is 39.2 Å². The number of epoxide rings is 1. The molecule has 1 fully saturated rings. The van der Waals surface area contributed by atoms with Gasteiger partial charge in [-0.3, -0.25) is 4.79 Å². The number of alkyl halides is 3. The molecule has 3 rings (SSSR count). The maximum Gasteiger partial charge on any atom is 0.416 e. The van der Waals surface area contributed by atoms with Crippen molar-refractivity contribution in [3.63, 3.8) is 0 Å². The molecule has 8 heteroatoms. The summed E-state index contributed by atoms with van der Waals surface area (Å²) in [6.45, 7) is 5.17. The van der Waals surface area contributed by atoms with E-state index in [1.807, 2.05) is 0 Å². The first kappa shape index (κ1) is 19.2. The van der Waals surface area contributed by atoms with E-state index >= 15 is 0 Å². The van der Waals surface area contributed by atoms with Crippen molar-refractivity contribution in [1.82, 2.24) is 4.98 Å². The SMILES string of the molecule is CCOC(=O)c1c(C)[nH]c(C)c1C(=O)[C@H]1O[C@@H]1c1ccc(C(F)(F)F)cc1. The summed E-state index contributed by atoms with van der Waals surface area (Å²) in [6.07, 6.45) is -5.90. The Bertz CT molecular complexity index is 884. The van der Waals surface area contributed by atoms with E-state index < -0.39 is 35.7 Å². The molecule has 0 radical (unpaired) electrons. The number of nitrogens with one attached hydrogen (secondary N) is 1. The Balaban J connectivity index is 1.82. The van der Waals surface area contributed by atoms with Gasteiger partial charge in [-0.1, -0.05) is 12.1 Å². The Morgan fingerprint density at radius 3 is 2.26 bits per heavy atom. The second kappa shape index (κ2) is 6.84. The number of esters is 1. The predicted octanol–water partition coefficient (Wildman–Crippen LogP) is 4.15. The first-order valence-electron chi connectivity index (χ1n) is 8.38. The fraction of sp³-hybridized carbons (Fsp3) is 0.368. The largest absolute Gasteiger partial charge is 0.462 e. The van der Waals surface area contributed by atoms with Crippen LogP contribution in [0.3, 0.4) is 0 Å². The lowest BCUT2D eigenvalue weighted by Gasteiger charge is -2.06. The summed E-state index contributed by atoms with van der Waals surface area (Å²) in [4.78, 5) is 28.0. The first-order chi connectivity index (χ1) is 12.6. The van der Waals surface area contributed by atoms with E-state index in [9.17, 15) is 22.8 Å². The number of aromatic amines is 1. The van der Waals surface area contributed by atoms with E-state index in [2.05, 4.69) is 4.98 Å². The van der Waals surface area contributed by atoms with Crippen LogP contribution in [0.1, 0.15) is 56.3 Å². The number of benzene rings is 1. The van der Waals surface area contributed by atoms with E-state index in [1.54, 1.807) is 20.8 Å². The second-order valence-corrected chi connectivity index (χ2v) is 6.31. The maximum absolute atomic E-state index is 12.8. The Kier molecular flexibility index (Phi) is 4.86. The number of aromatic nitrogens is 1. The Morgan fingerprint density at radius 2 is 1.70 bits per heavy atom. The third kappa shape index (κ3) is 3.62. The van der Waals surface area contributed by atoms with Crippen LogP contribution in [0.5, 0.6) is 0 Å². The number of carbonyl (C=O) groups is 2. The third-order valence-corrected chi connectivity index (χ3v) is 4.42. The molecule has 1 N–H and O–H groups in total. The highest BCUT2D eigenvalue weighted by atomic mass is 19.4. The van der Waals surface area contributed by atoms with Crippen molar-refractivity contribution in [2.24, 2.45) is 0 Å². The fourth-order valence-corrected chi connectivity index (χ4v) is 3.12. The van der Waals surface area contributed by atoms with Gasteiger partial charge in [-0.15, -0.1) is 0 Å². The molecule has 2 heterocycles. The Labute approximate surface area is 153 Å². The molecule has 0 bridgehead atoms. The molecule has 5 nitrogen and oxygen atoms in total. The van der Waals surface area contributed by atoms with E-state index in [1.165, 1.54) is 12.1 Å². The molecule has 1 aromatic heterocycles. The lowest BCUT2D eigenvalue weighted by Crippen LogP contribution is -2.16. The van der Waals surface area contributed by atoms with Crippen LogP contribution in [-0.4, -0.2) is 29.4 Å². The van der Waals surface area contributed by atoms with Gasteiger partial charge in [0.25, 0.3) is 0 Å². The molecule has 0 aliphatic carbocycles. The Morgan fingerprint density at radius 1 is 1.11 bits per heavy atom. The van der Waals surface area contributed by atoms with Crippen LogP contribution in [0, 0.1) is 13.8 Å². The number of H-pyrrole nitrogens is 1. The van der Waals surface area contributed by atoms with Crippen molar-refractivity contribution in [3.05, 3.63) is 57.9 Å². The molecule has 1 aliphatic rings. The fourth-order valence-electron chi connectivity index (χ4n) is 3.12. The number of aryl methyl sites for hydroxylation is 2. The molecule has 0 saturated carbocycles.